The predicted octanol–water partition coefficient (Wildman–Crippen LogP) is 14.9. The van der Waals surface area contributed by atoms with Gasteiger partial charge in [0, 0.05) is 12.8 Å². The van der Waals surface area contributed by atoms with Crippen molar-refractivity contribution < 1.29 is 42.1 Å². The molecule has 0 aliphatic heterocycles. The molecule has 0 aromatic rings. The predicted molar refractivity (Wildman–Crippen MR) is 252 cm³/mol. The fourth-order valence-electron chi connectivity index (χ4n) is 7.31. The molecule has 0 rings (SSSR count). The highest BCUT2D eigenvalue weighted by molar-refractivity contribution is 7.47. The van der Waals surface area contributed by atoms with E-state index in [2.05, 4.69) is 26.0 Å². The van der Waals surface area contributed by atoms with Crippen molar-refractivity contribution in [2.24, 2.45) is 0 Å². The van der Waals surface area contributed by atoms with Gasteiger partial charge in [0.1, 0.15) is 19.8 Å². The third-order valence-corrected chi connectivity index (χ3v) is 12.3. The second-order valence-corrected chi connectivity index (χ2v) is 20.0. The number of phosphoric acid groups is 1. The molecule has 10 heteroatoms. The van der Waals surface area contributed by atoms with Crippen LogP contribution in [0, 0.1) is 0 Å². The van der Waals surface area contributed by atoms with Crippen molar-refractivity contribution in [3.63, 3.8) is 0 Å². The largest absolute Gasteiger partial charge is 0.472 e. The Bertz CT molecular complexity index is 1030. The van der Waals surface area contributed by atoms with E-state index >= 15 is 0 Å². The molecule has 0 aromatic carbocycles. The first-order chi connectivity index (χ1) is 29.0. The fourth-order valence-corrected chi connectivity index (χ4v) is 8.05. The zero-order valence-corrected chi connectivity index (χ0v) is 41.1. The van der Waals surface area contributed by atoms with E-state index in [0.29, 0.717) is 17.4 Å². The van der Waals surface area contributed by atoms with Gasteiger partial charge in [-0.15, -0.1) is 0 Å². The van der Waals surface area contributed by atoms with Crippen LogP contribution in [-0.2, 0) is 32.7 Å². The van der Waals surface area contributed by atoms with Crippen LogP contribution in [0.5, 0.6) is 0 Å². The number of hydrogen-bond acceptors (Lipinski definition) is 7. The van der Waals surface area contributed by atoms with Crippen molar-refractivity contribution >= 4 is 19.8 Å². The fraction of sp³-hybridized carbons (Fsp3) is 0.920. The van der Waals surface area contributed by atoms with Crippen molar-refractivity contribution in [2.75, 3.05) is 47.5 Å². The lowest BCUT2D eigenvalue weighted by molar-refractivity contribution is -0.870. The summed E-state index contributed by atoms with van der Waals surface area (Å²) in [7, 11) is 1.49. The Balaban J connectivity index is 4.22. The van der Waals surface area contributed by atoms with E-state index in [1.807, 2.05) is 21.1 Å². The van der Waals surface area contributed by atoms with Gasteiger partial charge in [-0.25, -0.2) is 4.57 Å². The quantitative estimate of drug-likeness (QED) is 0.0212. The van der Waals surface area contributed by atoms with Crippen LogP contribution in [0.3, 0.4) is 0 Å². The van der Waals surface area contributed by atoms with Crippen LogP contribution in [0.4, 0.5) is 0 Å². The normalized spacial score (nSPS) is 13.5. The zero-order chi connectivity index (χ0) is 44.3. The summed E-state index contributed by atoms with van der Waals surface area (Å²) in [4.78, 5) is 35.5. The molecule has 9 nitrogen and oxygen atoms in total. The van der Waals surface area contributed by atoms with Gasteiger partial charge in [0.2, 0.25) is 0 Å². The molecule has 0 saturated carbocycles. The van der Waals surface area contributed by atoms with Crippen LogP contribution < -0.4 is 0 Å². The number of hydrogen-bond donors (Lipinski definition) is 1. The highest BCUT2D eigenvalue weighted by Gasteiger charge is 2.27. The van der Waals surface area contributed by atoms with Gasteiger partial charge in [0.05, 0.1) is 27.7 Å². The summed E-state index contributed by atoms with van der Waals surface area (Å²) in [6.45, 7) is 4.45. The molecular formula is C50H99NO8P+. The molecule has 2 atom stereocenters. The first-order valence-corrected chi connectivity index (χ1v) is 26.9. The SMILES string of the molecule is CCCCCCCC/C=C/CCCCCCCC(=O)OC[C@H](COP(=O)(O)OCC[N+](C)(C)C)OC(=O)CCCCCCCCCCCCCCCCCCCCCCC. The molecule has 1 unspecified atom stereocenters. The summed E-state index contributed by atoms with van der Waals surface area (Å²) in [5.74, 6) is -0.794. The molecule has 0 aliphatic rings. The Morgan fingerprint density at radius 3 is 1.23 bits per heavy atom. The van der Waals surface area contributed by atoms with E-state index in [4.69, 9.17) is 18.5 Å². The number of quaternary nitrogens is 1. The summed E-state index contributed by atoms with van der Waals surface area (Å²) in [6.07, 6.45) is 46.9. The average Bonchev–Trinajstić information content (AvgIpc) is 3.20. The lowest BCUT2D eigenvalue weighted by Gasteiger charge is -2.24. The van der Waals surface area contributed by atoms with Crippen molar-refractivity contribution in [3.05, 3.63) is 12.2 Å². The van der Waals surface area contributed by atoms with Gasteiger partial charge in [-0.1, -0.05) is 206 Å². The van der Waals surface area contributed by atoms with Crippen LogP contribution in [0.15, 0.2) is 12.2 Å². The second kappa shape index (κ2) is 43.0. The molecule has 0 heterocycles. The number of allylic oxidation sites excluding steroid dienone is 2. The first kappa shape index (κ1) is 58.8. The van der Waals surface area contributed by atoms with Crippen molar-refractivity contribution in [3.8, 4) is 0 Å². The summed E-state index contributed by atoms with van der Waals surface area (Å²) >= 11 is 0. The van der Waals surface area contributed by atoms with Gasteiger partial charge in [-0.05, 0) is 38.5 Å². The number of carbonyl (C=O) groups is 2. The zero-order valence-electron chi connectivity index (χ0n) is 40.2. The summed E-state index contributed by atoms with van der Waals surface area (Å²) in [5, 5.41) is 0. The maximum Gasteiger partial charge on any atom is 0.472 e. The van der Waals surface area contributed by atoms with Crippen LogP contribution in [0.25, 0.3) is 0 Å². The monoisotopic (exact) mass is 873 g/mol. The number of nitrogens with zero attached hydrogens (tertiary/aromatic N) is 1. The molecule has 0 saturated heterocycles. The number of rotatable bonds is 47. The molecular weight excluding hydrogens is 774 g/mol. The topological polar surface area (TPSA) is 108 Å². The number of likely N-dealkylation sites (N-methyl/N-ethyl adjacent to an activating group) is 1. The third-order valence-electron chi connectivity index (χ3n) is 11.3. The summed E-state index contributed by atoms with van der Waals surface area (Å²) in [6, 6.07) is 0. The van der Waals surface area contributed by atoms with Crippen LogP contribution in [-0.4, -0.2) is 74.9 Å². The lowest BCUT2D eigenvalue weighted by atomic mass is 10.0. The maximum atomic E-state index is 12.7. The number of esters is 2. The first-order valence-electron chi connectivity index (χ1n) is 25.4. The number of unbranched alkanes of at least 4 members (excludes halogenated alkanes) is 31. The van der Waals surface area contributed by atoms with E-state index in [9.17, 15) is 19.0 Å². The maximum absolute atomic E-state index is 12.7. The van der Waals surface area contributed by atoms with E-state index in [-0.39, 0.29) is 32.0 Å². The lowest BCUT2D eigenvalue weighted by Crippen LogP contribution is -2.37. The van der Waals surface area contributed by atoms with Gasteiger partial charge in [0.25, 0.3) is 0 Å². The highest BCUT2D eigenvalue weighted by Crippen LogP contribution is 2.43. The van der Waals surface area contributed by atoms with Gasteiger partial charge in [-0.2, -0.15) is 0 Å². The van der Waals surface area contributed by atoms with Crippen molar-refractivity contribution in [2.45, 2.75) is 251 Å². The second-order valence-electron chi connectivity index (χ2n) is 18.6. The molecule has 0 bridgehead atoms. The van der Waals surface area contributed by atoms with E-state index in [0.717, 1.165) is 51.4 Å². The van der Waals surface area contributed by atoms with Gasteiger partial charge in [-0.3, -0.25) is 18.6 Å². The smallest absolute Gasteiger partial charge is 0.462 e. The molecule has 0 aliphatic carbocycles. The van der Waals surface area contributed by atoms with E-state index < -0.39 is 26.5 Å². The Kier molecular flexibility index (Phi) is 42.1. The summed E-state index contributed by atoms with van der Waals surface area (Å²) < 4.78 is 34.4. The van der Waals surface area contributed by atoms with Crippen LogP contribution >= 0.6 is 7.82 Å². The Morgan fingerprint density at radius 1 is 0.500 bits per heavy atom. The minimum Gasteiger partial charge on any atom is -0.462 e. The Morgan fingerprint density at radius 2 is 0.850 bits per heavy atom. The number of ether oxygens (including phenoxy) is 2. The Hall–Kier alpha value is -1.25. The molecule has 0 fully saturated rings. The third kappa shape index (κ3) is 46.3. The molecule has 0 spiro atoms. The minimum atomic E-state index is -4.37. The van der Waals surface area contributed by atoms with Gasteiger partial charge < -0.3 is 18.9 Å². The van der Waals surface area contributed by atoms with E-state index in [1.54, 1.807) is 0 Å². The molecule has 0 aromatic heterocycles. The molecule has 1 N–H and O–H groups in total. The molecule has 0 amide bonds. The van der Waals surface area contributed by atoms with Crippen molar-refractivity contribution in [1.29, 1.82) is 0 Å². The van der Waals surface area contributed by atoms with Gasteiger partial charge in [0.15, 0.2) is 6.10 Å². The van der Waals surface area contributed by atoms with Gasteiger partial charge >= 0.3 is 19.8 Å². The molecule has 356 valence electrons. The summed E-state index contributed by atoms with van der Waals surface area (Å²) in [5.41, 5.74) is 0. The average molecular weight is 873 g/mol. The van der Waals surface area contributed by atoms with E-state index in [1.165, 1.54) is 161 Å². The highest BCUT2D eigenvalue weighted by atomic mass is 31.2. The van der Waals surface area contributed by atoms with Crippen LogP contribution in [0.1, 0.15) is 245 Å². The minimum absolute atomic E-state index is 0.0339. The van der Waals surface area contributed by atoms with Crippen LogP contribution in [0.2, 0.25) is 0 Å². The molecule has 60 heavy (non-hydrogen) atoms. The Labute approximate surface area is 371 Å². The molecule has 0 radical (unpaired) electrons. The standard InChI is InChI=1S/C50H98NO8P/c1-6-8-10-12-14-16-18-20-22-23-24-25-26-27-29-31-33-35-37-39-41-43-50(53)59-48(47-58-60(54,55)57-45-44-51(3,4)5)46-56-49(52)42-40-38-36-34-32-30-28-21-19-17-15-13-11-9-7-2/h21,28,48H,6-20,22-27,29-47H2,1-5H3/p+1/b28-21+/t48-/m1/s1. The number of phosphoric ester groups is 1. The van der Waals surface area contributed by atoms with Crippen molar-refractivity contribution in [1.82, 2.24) is 0 Å². The number of carbonyl (C=O) groups excluding carboxylic acids is 2.